The SMILES string of the molecule is O=C(c1ccc(-c2cc(Cl)c(CC3CCN(C4CCC(F)(F)CC4)C3=O)c(Cl)c2)cc1)N1CCOCC1. The van der Waals surface area contributed by atoms with Crippen LogP contribution >= 0.6 is 23.2 Å². The Balaban J connectivity index is 1.25. The van der Waals surface area contributed by atoms with Crippen LogP contribution in [-0.2, 0) is 16.0 Å². The normalized spacial score (nSPS) is 22.5. The molecule has 1 aliphatic carbocycles. The highest BCUT2D eigenvalue weighted by molar-refractivity contribution is 6.36. The van der Waals surface area contributed by atoms with Crippen molar-refractivity contribution in [2.45, 2.75) is 50.5 Å². The van der Waals surface area contributed by atoms with Gasteiger partial charge in [-0.05, 0) is 66.6 Å². The van der Waals surface area contributed by atoms with Gasteiger partial charge in [-0.3, -0.25) is 9.59 Å². The third-order valence-corrected chi connectivity index (χ3v) is 8.51. The first-order chi connectivity index (χ1) is 17.7. The molecule has 2 aliphatic heterocycles. The molecule has 5 nitrogen and oxygen atoms in total. The van der Waals surface area contributed by atoms with Gasteiger partial charge in [-0.25, -0.2) is 8.78 Å². The minimum absolute atomic E-state index is 0.00644. The molecule has 2 aromatic rings. The maximum Gasteiger partial charge on any atom is 0.254 e. The van der Waals surface area contributed by atoms with E-state index in [-0.39, 0.29) is 36.6 Å². The molecule has 2 aromatic carbocycles. The molecule has 5 rings (SSSR count). The monoisotopic (exact) mass is 550 g/mol. The van der Waals surface area contributed by atoms with Gasteiger partial charge in [0, 0.05) is 60.0 Å². The highest BCUT2D eigenvalue weighted by Crippen LogP contribution is 2.39. The lowest BCUT2D eigenvalue weighted by Gasteiger charge is -2.34. The Labute approximate surface area is 225 Å². The van der Waals surface area contributed by atoms with Crippen molar-refractivity contribution in [1.82, 2.24) is 9.80 Å². The van der Waals surface area contributed by atoms with E-state index in [9.17, 15) is 18.4 Å². The molecule has 0 radical (unpaired) electrons. The molecule has 1 atom stereocenters. The lowest BCUT2D eigenvalue weighted by Crippen LogP contribution is -2.42. The number of rotatable bonds is 5. The van der Waals surface area contributed by atoms with Gasteiger partial charge in [0.2, 0.25) is 11.8 Å². The summed E-state index contributed by atoms with van der Waals surface area (Å²) in [6.07, 6.45) is 1.46. The van der Waals surface area contributed by atoms with E-state index >= 15 is 0 Å². The Bertz CT molecular complexity index is 1140. The average molecular weight is 551 g/mol. The van der Waals surface area contributed by atoms with Gasteiger partial charge in [-0.2, -0.15) is 0 Å². The lowest BCUT2D eigenvalue weighted by molar-refractivity contribution is -0.135. The zero-order chi connectivity index (χ0) is 26.2. The zero-order valence-corrected chi connectivity index (χ0v) is 22.0. The maximum atomic E-state index is 13.5. The van der Waals surface area contributed by atoms with Crippen LogP contribution in [0.1, 0.15) is 48.0 Å². The first-order valence-electron chi connectivity index (χ1n) is 12.9. The summed E-state index contributed by atoms with van der Waals surface area (Å²) in [6.45, 7) is 2.87. The van der Waals surface area contributed by atoms with Crippen molar-refractivity contribution >= 4 is 35.0 Å². The van der Waals surface area contributed by atoms with Crippen LogP contribution in [0, 0.1) is 5.92 Å². The number of amides is 2. The van der Waals surface area contributed by atoms with Crippen LogP contribution < -0.4 is 0 Å². The summed E-state index contributed by atoms with van der Waals surface area (Å²) in [5.41, 5.74) is 3.05. The molecule has 0 spiro atoms. The molecule has 0 aromatic heterocycles. The van der Waals surface area contributed by atoms with Crippen molar-refractivity contribution in [3.63, 3.8) is 0 Å². The Kier molecular flexibility index (Phi) is 7.75. The quantitative estimate of drug-likeness (QED) is 0.451. The van der Waals surface area contributed by atoms with Crippen molar-refractivity contribution in [2.24, 2.45) is 5.92 Å². The fourth-order valence-electron chi connectivity index (χ4n) is 5.62. The molecule has 1 unspecified atom stereocenters. The smallest absolute Gasteiger partial charge is 0.254 e. The van der Waals surface area contributed by atoms with Crippen molar-refractivity contribution in [1.29, 1.82) is 0 Å². The second kappa shape index (κ2) is 10.9. The van der Waals surface area contributed by atoms with E-state index in [4.69, 9.17) is 27.9 Å². The number of alkyl halides is 2. The third-order valence-electron chi connectivity index (χ3n) is 7.83. The van der Waals surface area contributed by atoms with Crippen molar-refractivity contribution in [3.05, 3.63) is 57.6 Å². The standard InChI is InChI=1S/C28H30Cl2F2N2O3/c29-24-16-21(18-1-3-19(4-2-18)26(35)33-11-13-37-14-12-33)17-25(30)23(24)15-20-7-10-34(27(20)36)22-5-8-28(31,32)9-6-22/h1-4,16-17,20,22H,5-15H2. The van der Waals surface area contributed by atoms with Crippen molar-refractivity contribution in [3.8, 4) is 11.1 Å². The van der Waals surface area contributed by atoms with Crippen LogP contribution in [0.15, 0.2) is 36.4 Å². The summed E-state index contributed by atoms with van der Waals surface area (Å²) in [6, 6.07) is 10.9. The number of morpholine rings is 1. The van der Waals surface area contributed by atoms with E-state index in [2.05, 4.69) is 0 Å². The van der Waals surface area contributed by atoms with Crippen LogP contribution in [0.5, 0.6) is 0 Å². The fourth-order valence-corrected chi connectivity index (χ4v) is 6.26. The Morgan fingerprint density at radius 3 is 2.19 bits per heavy atom. The molecule has 37 heavy (non-hydrogen) atoms. The van der Waals surface area contributed by atoms with Crippen LogP contribution in [-0.4, -0.2) is 66.4 Å². The summed E-state index contributed by atoms with van der Waals surface area (Å²) in [5, 5.41) is 0.971. The first-order valence-corrected chi connectivity index (χ1v) is 13.6. The Hall–Kier alpha value is -2.22. The molecule has 2 heterocycles. The van der Waals surface area contributed by atoms with Crippen molar-refractivity contribution < 1.29 is 23.1 Å². The fraction of sp³-hybridized carbons (Fsp3) is 0.500. The van der Waals surface area contributed by atoms with Gasteiger partial charge in [0.05, 0.1) is 13.2 Å². The largest absolute Gasteiger partial charge is 0.378 e. The third kappa shape index (κ3) is 5.79. The topological polar surface area (TPSA) is 49.9 Å². The molecule has 0 N–H and O–H groups in total. The van der Waals surface area contributed by atoms with Crippen LogP contribution in [0.4, 0.5) is 8.78 Å². The molecular weight excluding hydrogens is 521 g/mol. The van der Waals surface area contributed by atoms with E-state index in [0.29, 0.717) is 74.1 Å². The Morgan fingerprint density at radius 1 is 0.946 bits per heavy atom. The highest BCUT2D eigenvalue weighted by atomic mass is 35.5. The molecule has 2 saturated heterocycles. The number of halogens is 4. The summed E-state index contributed by atoms with van der Waals surface area (Å²) in [7, 11) is 0. The Morgan fingerprint density at radius 2 is 1.57 bits per heavy atom. The highest BCUT2D eigenvalue weighted by Gasteiger charge is 2.42. The van der Waals surface area contributed by atoms with E-state index in [1.54, 1.807) is 21.9 Å². The van der Waals surface area contributed by atoms with Gasteiger partial charge in [0.15, 0.2) is 0 Å². The molecule has 2 amide bonds. The average Bonchev–Trinajstić information content (AvgIpc) is 3.26. The van der Waals surface area contributed by atoms with Crippen molar-refractivity contribution in [2.75, 3.05) is 32.8 Å². The van der Waals surface area contributed by atoms with E-state index < -0.39 is 5.92 Å². The number of hydrogen-bond acceptors (Lipinski definition) is 3. The van der Waals surface area contributed by atoms with Gasteiger partial charge < -0.3 is 14.5 Å². The number of likely N-dealkylation sites (tertiary alicyclic amines) is 1. The molecule has 3 fully saturated rings. The molecule has 1 saturated carbocycles. The van der Waals surface area contributed by atoms with E-state index in [0.717, 1.165) is 16.7 Å². The predicted molar refractivity (Wildman–Crippen MR) is 139 cm³/mol. The predicted octanol–water partition coefficient (Wildman–Crippen LogP) is 6.10. The van der Waals surface area contributed by atoms with Crippen LogP contribution in [0.2, 0.25) is 10.0 Å². The lowest BCUT2D eigenvalue weighted by atomic mass is 9.91. The zero-order valence-electron chi connectivity index (χ0n) is 20.5. The summed E-state index contributed by atoms with van der Waals surface area (Å²) in [4.78, 5) is 29.4. The second-order valence-corrected chi connectivity index (χ2v) is 11.0. The maximum absolute atomic E-state index is 13.5. The number of carbonyl (C=O) groups excluding carboxylic acids is 2. The van der Waals surface area contributed by atoms with Gasteiger partial charge in [0.1, 0.15) is 0 Å². The van der Waals surface area contributed by atoms with E-state index in [1.807, 2.05) is 24.3 Å². The van der Waals surface area contributed by atoms with Crippen LogP contribution in [0.25, 0.3) is 11.1 Å². The minimum atomic E-state index is -2.61. The molecule has 3 aliphatic rings. The molecule has 9 heteroatoms. The number of ether oxygens (including phenoxy) is 1. The molecular formula is C28H30Cl2F2N2O3. The number of nitrogens with zero attached hydrogens (tertiary/aromatic N) is 2. The second-order valence-electron chi connectivity index (χ2n) is 10.2. The number of hydrogen-bond donors (Lipinski definition) is 0. The van der Waals surface area contributed by atoms with Gasteiger partial charge in [-0.1, -0.05) is 35.3 Å². The molecule has 0 bridgehead atoms. The summed E-state index contributed by atoms with van der Waals surface area (Å²) in [5.74, 6) is -2.88. The first kappa shape index (κ1) is 26.4. The number of benzene rings is 2. The number of carbonyl (C=O) groups is 2. The molecule has 198 valence electrons. The summed E-state index contributed by atoms with van der Waals surface area (Å²) >= 11 is 13.3. The van der Waals surface area contributed by atoms with Gasteiger partial charge in [-0.15, -0.1) is 0 Å². The van der Waals surface area contributed by atoms with Gasteiger partial charge >= 0.3 is 0 Å². The van der Waals surface area contributed by atoms with Gasteiger partial charge in [0.25, 0.3) is 5.91 Å². The van der Waals surface area contributed by atoms with Crippen LogP contribution in [0.3, 0.4) is 0 Å². The van der Waals surface area contributed by atoms with E-state index in [1.165, 1.54) is 0 Å². The minimum Gasteiger partial charge on any atom is -0.378 e. The summed E-state index contributed by atoms with van der Waals surface area (Å²) < 4.78 is 32.4.